The summed E-state index contributed by atoms with van der Waals surface area (Å²) in [5.74, 6) is -1.38. The fourth-order valence-electron chi connectivity index (χ4n) is 1.42. The van der Waals surface area contributed by atoms with E-state index in [9.17, 15) is 9.59 Å². The number of anilines is 1. The van der Waals surface area contributed by atoms with Crippen LogP contribution in [0, 0.1) is 13.8 Å². The number of benzene rings is 1. The molecular formula is C11H14N2O3. The van der Waals surface area contributed by atoms with Gasteiger partial charge in [-0.05, 0) is 31.0 Å². The second-order valence-corrected chi connectivity index (χ2v) is 3.48. The predicted octanol–water partition coefficient (Wildman–Crippen LogP) is 0.736. The van der Waals surface area contributed by atoms with Gasteiger partial charge in [-0.15, -0.1) is 0 Å². The summed E-state index contributed by atoms with van der Waals surface area (Å²) in [4.78, 5) is 21.8. The number of aryl methyl sites for hydroxylation is 2. The molecule has 0 atom stereocenters. The predicted molar refractivity (Wildman–Crippen MR) is 60.3 cm³/mol. The maximum absolute atomic E-state index is 11.2. The highest BCUT2D eigenvalue weighted by Gasteiger charge is 2.14. The molecule has 0 spiro atoms. The van der Waals surface area contributed by atoms with Gasteiger partial charge in [-0.3, -0.25) is 9.59 Å². The molecule has 16 heavy (non-hydrogen) atoms. The molecule has 0 aliphatic carbocycles. The third-order valence-corrected chi connectivity index (χ3v) is 2.13. The minimum absolute atomic E-state index is 0.469. The average molecular weight is 222 g/mol. The Morgan fingerprint density at radius 1 is 1.31 bits per heavy atom. The Balaban J connectivity index is 3.12. The molecule has 0 fully saturated rings. The van der Waals surface area contributed by atoms with Crippen LogP contribution < -0.4 is 15.8 Å². The highest BCUT2D eigenvalue weighted by atomic mass is 16.5. The Hall–Kier alpha value is -2.04. The number of hydrogen-bond donors (Lipinski definition) is 2. The summed E-state index contributed by atoms with van der Waals surface area (Å²) < 4.78 is 5.12. The van der Waals surface area contributed by atoms with E-state index in [1.807, 2.05) is 19.9 Å². The van der Waals surface area contributed by atoms with Gasteiger partial charge in [0.15, 0.2) is 0 Å². The molecule has 0 saturated heterocycles. The van der Waals surface area contributed by atoms with Gasteiger partial charge in [0.1, 0.15) is 5.75 Å². The molecule has 86 valence electrons. The second kappa shape index (κ2) is 4.65. The van der Waals surface area contributed by atoms with Crippen molar-refractivity contribution in [2.24, 2.45) is 5.73 Å². The van der Waals surface area contributed by atoms with Crippen molar-refractivity contribution in [3.63, 3.8) is 0 Å². The molecule has 5 nitrogen and oxygen atoms in total. The van der Waals surface area contributed by atoms with Crippen LogP contribution in [0.5, 0.6) is 5.75 Å². The Kier molecular flexibility index (Phi) is 3.50. The fraction of sp³-hybridized carbons (Fsp3) is 0.273. The Bertz CT molecular complexity index is 441. The molecule has 5 heteroatoms. The van der Waals surface area contributed by atoms with Crippen molar-refractivity contribution in [2.45, 2.75) is 13.8 Å². The molecule has 0 saturated carbocycles. The van der Waals surface area contributed by atoms with Crippen molar-refractivity contribution in [3.8, 4) is 5.75 Å². The summed E-state index contributed by atoms with van der Waals surface area (Å²) >= 11 is 0. The molecule has 2 amide bonds. The van der Waals surface area contributed by atoms with Crippen LogP contribution >= 0.6 is 0 Å². The van der Waals surface area contributed by atoms with Gasteiger partial charge in [-0.2, -0.15) is 0 Å². The summed E-state index contributed by atoms with van der Waals surface area (Å²) in [6, 6.07) is 3.64. The molecule has 1 aromatic rings. The van der Waals surface area contributed by atoms with Gasteiger partial charge in [-0.1, -0.05) is 6.07 Å². The number of nitrogens with one attached hydrogen (secondary N) is 1. The number of amides is 2. The van der Waals surface area contributed by atoms with Crippen molar-refractivity contribution in [3.05, 3.63) is 23.3 Å². The fourth-order valence-corrected chi connectivity index (χ4v) is 1.42. The molecule has 1 rings (SSSR count). The summed E-state index contributed by atoms with van der Waals surface area (Å²) in [5, 5.41) is 2.42. The van der Waals surface area contributed by atoms with Gasteiger partial charge in [-0.25, -0.2) is 0 Å². The van der Waals surface area contributed by atoms with Crippen molar-refractivity contribution in [1.29, 1.82) is 0 Å². The molecule has 0 aliphatic rings. The third kappa shape index (κ3) is 2.50. The van der Waals surface area contributed by atoms with Gasteiger partial charge in [0.05, 0.1) is 12.8 Å². The van der Waals surface area contributed by atoms with E-state index in [2.05, 4.69) is 5.32 Å². The summed E-state index contributed by atoms with van der Waals surface area (Å²) in [6.45, 7) is 3.72. The van der Waals surface area contributed by atoms with E-state index in [4.69, 9.17) is 10.5 Å². The van der Waals surface area contributed by atoms with Crippen LogP contribution in [0.15, 0.2) is 12.1 Å². The van der Waals surface area contributed by atoms with Crippen LogP contribution in [0.3, 0.4) is 0 Å². The maximum Gasteiger partial charge on any atom is 0.313 e. The van der Waals surface area contributed by atoms with Crippen LogP contribution in [0.4, 0.5) is 5.69 Å². The number of primary amides is 1. The monoisotopic (exact) mass is 222 g/mol. The van der Waals surface area contributed by atoms with Gasteiger partial charge < -0.3 is 15.8 Å². The normalized spacial score (nSPS) is 9.69. The van der Waals surface area contributed by atoms with E-state index in [-0.39, 0.29) is 0 Å². The first-order valence-corrected chi connectivity index (χ1v) is 4.71. The molecule has 0 unspecified atom stereocenters. The Labute approximate surface area is 93.6 Å². The lowest BCUT2D eigenvalue weighted by Gasteiger charge is -2.12. The van der Waals surface area contributed by atoms with Crippen molar-refractivity contribution in [1.82, 2.24) is 0 Å². The van der Waals surface area contributed by atoms with E-state index < -0.39 is 11.8 Å². The van der Waals surface area contributed by atoms with E-state index >= 15 is 0 Å². The lowest BCUT2D eigenvalue weighted by molar-refractivity contribution is -0.134. The third-order valence-electron chi connectivity index (χ3n) is 2.13. The number of carbonyl (C=O) groups is 2. The first-order chi connectivity index (χ1) is 7.45. The van der Waals surface area contributed by atoms with Crippen molar-refractivity contribution in [2.75, 3.05) is 12.4 Å². The van der Waals surface area contributed by atoms with Crippen molar-refractivity contribution < 1.29 is 14.3 Å². The van der Waals surface area contributed by atoms with Crippen LogP contribution in [-0.2, 0) is 9.59 Å². The first-order valence-electron chi connectivity index (χ1n) is 4.71. The topological polar surface area (TPSA) is 81.4 Å². The van der Waals surface area contributed by atoms with Crippen LogP contribution in [0.2, 0.25) is 0 Å². The molecule has 1 aromatic carbocycles. The SMILES string of the molecule is COc1cc(C)cc(C)c1NC(=O)C(N)=O. The number of nitrogens with two attached hydrogens (primary N) is 1. The van der Waals surface area contributed by atoms with Gasteiger partial charge >= 0.3 is 11.8 Å². The lowest BCUT2D eigenvalue weighted by atomic mass is 10.1. The highest BCUT2D eigenvalue weighted by molar-refractivity contribution is 6.39. The molecular weight excluding hydrogens is 208 g/mol. The van der Waals surface area contributed by atoms with E-state index in [1.54, 1.807) is 6.07 Å². The lowest BCUT2D eigenvalue weighted by Crippen LogP contribution is -2.30. The zero-order chi connectivity index (χ0) is 12.3. The number of carbonyl (C=O) groups excluding carboxylic acids is 2. The molecule has 0 radical (unpaired) electrons. The van der Waals surface area contributed by atoms with Crippen LogP contribution in [0.25, 0.3) is 0 Å². The quantitative estimate of drug-likeness (QED) is 0.724. The molecule has 0 heterocycles. The van der Waals surface area contributed by atoms with Gasteiger partial charge in [0, 0.05) is 0 Å². The summed E-state index contributed by atoms with van der Waals surface area (Å²) in [6.07, 6.45) is 0. The summed E-state index contributed by atoms with van der Waals surface area (Å²) in [5.41, 5.74) is 7.15. The number of hydrogen-bond acceptors (Lipinski definition) is 3. The van der Waals surface area contributed by atoms with E-state index in [0.29, 0.717) is 11.4 Å². The zero-order valence-corrected chi connectivity index (χ0v) is 9.46. The first kappa shape index (κ1) is 12.0. The minimum atomic E-state index is -1.03. The summed E-state index contributed by atoms with van der Waals surface area (Å²) in [7, 11) is 1.49. The van der Waals surface area contributed by atoms with E-state index in [1.165, 1.54) is 7.11 Å². The molecule has 3 N–H and O–H groups in total. The van der Waals surface area contributed by atoms with E-state index in [0.717, 1.165) is 11.1 Å². The Morgan fingerprint density at radius 3 is 2.44 bits per heavy atom. The number of methoxy groups -OCH3 is 1. The largest absolute Gasteiger partial charge is 0.495 e. The van der Waals surface area contributed by atoms with Gasteiger partial charge in [0.25, 0.3) is 0 Å². The Morgan fingerprint density at radius 2 is 1.94 bits per heavy atom. The number of ether oxygens (including phenoxy) is 1. The number of rotatable bonds is 2. The van der Waals surface area contributed by atoms with Gasteiger partial charge in [0.2, 0.25) is 0 Å². The standard InChI is InChI=1S/C11H14N2O3/c1-6-4-7(2)9(8(5-6)16-3)13-11(15)10(12)14/h4-5H,1-3H3,(H2,12,14)(H,13,15). The molecule has 0 bridgehead atoms. The smallest absolute Gasteiger partial charge is 0.313 e. The van der Waals surface area contributed by atoms with Crippen LogP contribution in [0.1, 0.15) is 11.1 Å². The average Bonchev–Trinajstić information content (AvgIpc) is 2.21. The minimum Gasteiger partial charge on any atom is -0.495 e. The second-order valence-electron chi connectivity index (χ2n) is 3.48. The van der Waals surface area contributed by atoms with Crippen LogP contribution in [-0.4, -0.2) is 18.9 Å². The molecule has 0 aromatic heterocycles. The molecule has 0 aliphatic heterocycles. The maximum atomic E-state index is 11.2. The highest BCUT2D eigenvalue weighted by Crippen LogP contribution is 2.29. The van der Waals surface area contributed by atoms with Crippen molar-refractivity contribution >= 4 is 17.5 Å². The zero-order valence-electron chi connectivity index (χ0n) is 9.46.